The third-order valence-corrected chi connectivity index (χ3v) is 4.64. The van der Waals surface area contributed by atoms with Crippen molar-refractivity contribution >= 4 is 0 Å². The van der Waals surface area contributed by atoms with Gasteiger partial charge in [-0.3, -0.25) is 4.90 Å². The van der Waals surface area contributed by atoms with Crippen molar-refractivity contribution in [3.8, 4) is 0 Å². The zero-order valence-electron chi connectivity index (χ0n) is 11.4. The smallest absolute Gasteiger partial charge is 0.0250 e. The van der Waals surface area contributed by atoms with Crippen molar-refractivity contribution in [3.63, 3.8) is 0 Å². The van der Waals surface area contributed by atoms with Gasteiger partial charge in [0.2, 0.25) is 0 Å². The summed E-state index contributed by atoms with van der Waals surface area (Å²) < 4.78 is 0. The SMILES string of the molecule is CC1CCNCC1N1CCCc2ccccc2C1. The van der Waals surface area contributed by atoms with Crippen molar-refractivity contribution in [2.24, 2.45) is 5.92 Å². The molecule has 2 nitrogen and oxygen atoms in total. The van der Waals surface area contributed by atoms with Crippen LogP contribution in [0.1, 0.15) is 30.9 Å². The lowest BCUT2D eigenvalue weighted by Crippen LogP contribution is -2.50. The van der Waals surface area contributed by atoms with Crippen molar-refractivity contribution in [1.29, 1.82) is 0 Å². The lowest BCUT2D eigenvalue weighted by Gasteiger charge is -2.38. The molecule has 98 valence electrons. The standard InChI is InChI=1S/C16H24N2/c1-13-8-9-17-11-16(13)18-10-4-7-14-5-2-3-6-15(14)12-18/h2-3,5-6,13,16-17H,4,7-12H2,1H3. The molecule has 0 saturated carbocycles. The number of fused-ring (bicyclic) bond motifs is 1. The molecule has 1 N–H and O–H groups in total. The van der Waals surface area contributed by atoms with Gasteiger partial charge in [0, 0.05) is 19.1 Å². The van der Waals surface area contributed by atoms with Crippen LogP contribution in [0, 0.1) is 5.92 Å². The Morgan fingerprint density at radius 3 is 2.89 bits per heavy atom. The molecule has 0 aliphatic carbocycles. The summed E-state index contributed by atoms with van der Waals surface area (Å²) in [4.78, 5) is 2.71. The van der Waals surface area contributed by atoms with E-state index in [0.29, 0.717) is 0 Å². The molecular weight excluding hydrogens is 220 g/mol. The number of nitrogens with zero attached hydrogens (tertiary/aromatic N) is 1. The molecule has 0 bridgehead atoms. The van der Waals surface area contributed by atoms with Gasteiger partial charge in [-0.2, -0.15) is 0 Å². The molecule has 2 aliphatic rings. The van der Waals surface area contributed by atoms with Crippen LogP contribution in [0.3, 0.4) is 0 Å². The molecule has 0 aromatic heterocycles. The van der Waals surface area contributed by atoms with E-state index < -0.39 is 0 Å². The fourth-order valence-corrected chi connectivity index (χ4v) is 3.47. The van der Waals surface area contributed by atoms with Gasteiger partial charge in [-0.25, -0.2) is 0 Å². The molecule has 1 fully saturated rings. The van der Waals surface area contributed by atoms with Crippen molar-refractivity contribution < 1.29 is 0 Å². The monoisotopic (exact) mass is 244 g/mol. The molecule has 0 radical (unpaired) electrons. The van der Waals surface area contributed by atoms with E-state index in [-0.39, 0.29) is 0 Å². The van der Waals surface area contributed by atoms with Gasteiger partial charge in [0.05, 0.1) is 0 Å². The van der Waals surface area contributed by atoms with E-state index in [1.54, 1.807) is 11.1 Å². The summed E-state index contributed by atoms with van der Waals surface area (Å²) in [7, 11) is 0. The van der Waals surface area contributed by atoms with E-state index in [1.165, 1.54) is 38.9 Å². The van der Waals surface area contributed by atoms with E-state index in [9.17, 15) is 0 Å². The van der Waals surface area contributed by atoms with Crippen LogP contribution >= 0.6 is 0 Å². The van der Waals surface area contributed by atoms with Gasteiger partial charge in [0.25, 0.3) is 0 Å². The Labute approximate surface area is 110 Å². The second-order valence-corrected chi connectivity index (χ2v) is 5.88. The maximum Gasteiger partial charge on any atom is 0.0250 e. The Hall–Kier alpha value is -0.860. The average Bonchev–Trinajstić information content (AvgIpc) is 2.61. The van der Waals surface area contributed by atoms with Crippen LogP contribution in [0.25, 0.3) is 0 Å². The molecule has 2 heteroatoms. The zero-order chi connectivity index (χ0) is 12.4. The first kappa shape index (κ1) is 12.2. The van der Waals surface area contributed by atoms with E-state index in [0.717, 1.165) is 18.5 Å². The third-order valence-electron chi connectivity index (χ3n) is 4.64. The third kappa shape index (κ3) is 2.45. The van der Waals surface area contributed by atoms with E-state index in [4.69, 9.17) is 0 Å². The Morgan fingerprint density at radius 2 is 2.06 bits per heavy atom. The van der Waals surface area contributed by atoms with Crippen molar-refractivity contribution in [1.82, 2.24) is 10.2 Å². The number of hydrogen-bond acceptors (Lipinski definition) is 2. The van der Waals surface area contributed by atoms with Crippen LogP contribution in [0.4, 0.5) is 0 Å². The first-order valence-corrected chi connectivity index (χ1v) is 7.36. The predicted molar refractivity (Wildman–Crippen MR) is 75.6 cm³/mol. The molecule has 2 aliphatic heterocycles. The summed E-state index contributed by atoms with van der Waals surface area (Å²) in [5.41, 5.74) is 3.11. The molecule has 2 atom stereocenters. The molecule has 1 saturated heterocycles. The van der Waals surface area contributed by atoms with Crippen LogP contribution in [-0.4, -0.2) is 30.6 Å². The molecule has 0 spiro atoms. The highest BCUT2D eigenvalue weighted by molar-refractivity contribution is 5.28. The van der Waals surface area contributed by atoms with Crippen molar-refractivity contribution in [2.45, 2.75) is 38.8 Å². The topological polar surface area (TPSA) is 15.3 Å². The van der Waals surface area contributed by atoms with Crippen molar-refractivity contribution in [3.05, 3.63) is 35.4 Å². The maximum absolute atomic E-state index is 3.57. The minimum atomic E-state index is 0.727. The molecule has 1 aromatic carbocycles. The maximum atomic E-state index is 3.57. The summed E-state index contributed by atoms with van der Waals surface area (Å²) in [6.45, 7) is 7.19. The van der Waals surface area contributed by atoms with E-state index >= 15 is 0 Å². The van der Waals surface area contributed by atoms with Gasteiger partial charge < -0.3 is 5.32 Å². The largest absolute Gasteiger partial charge is 0.315 e. The van der Waals surface area contributed by atoms with Gasteiger partial charge in [-0.05, 0) is 49.4 Å². The number of rotatable bonds is 1. The summed E-state index contributed by atoms with van der Waals surface area (Å²) in [5, 5.41) is 3.57. The molecule has 1 aromatic rings. The number of piperidine rings is 1. The van der Waals surface area contributed by atoms with E-state index in [1.807, 2.05) is 0 Å². The van der Waals surface area contributed by atoms with Crippen LogP contribution < -0.4 is 5.32 Å². The molecule has 2 heterocycles. The van der Waals surface area contributed by atoms with Crippen LogP contribution in [0.5, 0.6) is 0 Å². The second kappa shape index (κ2) is 5.41. The fraction of sp³-hybridized carbons (Fsp3) is 0.625. The van der Waals surface area contributed by atoms with Gasteiger partial charge in [-0.15, -0.1) is 0 Å². The summed E-state index contributed by atoms with van der Waals surface area (Å²) in [5.74, 6) is 0.830. The fourth-order valence-electron chi connectivity index (χ4n) is 3.47. The normalized spacial score (nSPS) is 29.6. The summed E-state index contributed by atoms with van der Waals surface area (Å²) in [6.07, 6.45) is 3.88. The van der Waals surface area contributed by atoms with Crippen molar-refractivity contribution in [2.75, 3.05) is 19.6 Å². The molecule has 0 amide bonds. The first-order chi connectivity index (χ1) is 8.84. The summed E-state index contributed by atoms with van der Waals surface area (Å²) in [6, 6.07) is 9.71. The minimum absolute atomic E-state index is 0.727. The Morgan fingerprint density at radius 1 is 1.22 bits per heavy atom. The predicted octanol–water partition coefficient (Wildman–Crippen LogP) is 2.43. The quantitative estimate of drug-likeness (QED) is 0.816. The lowest BCUT2D eigenvalue weighted by atomic mass is 9.93. The lowest BCUT2D eigenvalue weighted by molar-refractivity contribution is 0.117. The average molecular weight is 244 g/mol. The zero-order valence-corrected chi connectivity index (χ0v) is 11.4. The molecule has 18 heavy (non-hydrogen) atoms. The number of hydrogen-bond donors (Lipinski definition) is 1. The van der Waals surface area contributed by atoms with Crippen LogP contribution in [0.2, 0.25) is 0 Å². The van der Waals surface area contributed by atoms with E-state index in [2.05, 4.69) is 41.4 Å². The number of aryl methyl sites for hydroxylation is 1. The molecular formula is C16H24N2. The highest BCUT2D eigenvalue weighted by atomic mass is 15.2. The van der Waals surface area contributed by atoms with Crippen LogP contribution in [0.15, 0.2) is 24.3 Å². The summed E-state index contributed by atoms with van der Waals surface area (Å²) >= 11 is 0. The van der Waals surface area contributed by atoms with Gasteiger partial charge in [-0.1, -0.05) is 31.2 Å². The Kier molecular flexibility index (Phi) is 3.67. The molecule has 3 rings (SSSR count). The number of nitrogens with one attached hydrogen (secondary N) is 1. The Bertz CT molecular complexity index is 402. The molecule has 2 unspecified atom stereocenters. The second-order valence-electron chi connectivity index (χ2n) is 5.88. The highest BCUT2D eigenvalue weighted by Crippen LogP contribution is 2.24. The van der Waals surface area contributed by atoms with Gasteiger partial charge in [0.15, 0.2) is 0 Å². The van der Waals surface area contributed by atoms with Gasteiger partial charge in [0.1, 0.15) is 0 Å². The number of benzene rings is 1. The highest BCUT2D eigenvalue weighted by Gasteiger charge is 2.28. The Balaban J connectivity index is 1.78. The van der Waals surface area contributed by atoms with Crippen LogP contribution in [-0.2, 0) is 13.0 Å². The minimum Gasteiger partial charge on any atom is -0.315 e. The first-order valence-electron chi connectivity index (χ1n) is 7.36. The van der Waals surface area contributed by atoms with Gasteiger partial charge >= 0.3 is 0 Å².